The molecule has 0 saturated heterocycles. The summed E-state index contributed by atoms with van der Waals surface area (Å²) in [5, 5.41) is 5.35. The van der Waals surface area contributed by atoms with Gasteiger partial charge in [0.15, 0.2) is 5.65 Å². The number of nitrogens with zero attached hydrogens (tertiary/aromatic N) is 3. The normalized spacial score (nSPS) is 14.2. The van der Waals surface area contributed by atoms with Gasteiger partial charge in [-0.15, -0.1) is 0 Å². The molecule has 0 bridgehead atoms. The molecule has 0 atom stereocenters. The van der Waals surface area contributed by atoms with E-state index in [0.717, 1.165) is 24.2 Å². The number of aryl methyl sites for hydroxylation is 2. The van der Waals surface area contributed by atoms with E-state index in [1.54, 1.807) is 13.0 Å². The molecule has 0 radical (unpaired) electrons. The van der Waals surface area contributed by atoms with Crippen molar-refractivity contribution in [3.05, 3.63) is 46.7 Å². The van der Waals surface area contributed by atoms with Crippen LogP contribution in [0.2, 0.25) is 0 Å². The minimum Gasteiger partial charge on any atom is -0.469 e. The number of hydrogen-bond donors (Lipinski definition) is 2. The fraction of sp³-hybridized carbons (Fsp3) is 0.429. The van der Waals surface area contributed by atoms with Gasteiger partial charge in [0, 0.05) is 11.6 Å². The number of aromatic nitrogens is 3. The van der Waals surface area contributed by atoms with Crippen molar-refractivity contribution in [2.75, 3.05) is 0 Å². The number of hydrazine groups is 1. The molecule has 4 rings (SSSR count). The molecule has 8 heteroatoms. The minimum atomic E-state index is -0.431. The summed E-state index contributed by atoms with van der Waals surface area (Å²) in [5.74, 6) is 0.0314. The van der Waals surface area contributed by atoms with Crippen molar-refractivity contribution in [1.29, 1.82) is 0 Å². The van der Waals surface area contributed by atoms with Gasteiger partial charge < -0.3 is 4.42 Å². The highest BCUT2D eigenvalue weighted by Gasteiger charge is 2.30. The quantitative estimate of drug-likeness (QED) is 0.662. The molecule has 1 aliphatic rings. The van der Waals surface area contributed by atoms with Gasteiger partial charge >= 0.3 is 0 Å². The number of pyridine rings is 1. The Labute approximate surface area is 168 Å². The van der Waals surface area contributed by atoms with Crippen molar-refractivity contribution in [1.82, 2.24) is 25.6 Å². The highest BCUT2D eigenvalue weighted by Crippen LogP contribution is 2.40. The van der Waals surface area contributed by atoms with Gasteiger partial charge in [0.1, 0.15) is 5.76 Å². The maximum absolute atomic E-state index is 13.0. The summed E-state index contributed by atoms with van der Waals surface area (Å²) in [6.07, 6.45) is 3.57. The molecule has 2 amide bonds. The van der Waals surface area contributed by atoms with Crippen molar-refractivity contribution in [2.45, 2.75) is 58.9 Å². The van der Waals surface area contributed by atoms with Gasteiger partial charge in [-0.25, -0.2) is 9.67 Å². The highest BCUT2D eigenvalue weighted by atomic mass is 16.3. The number of furan rings is 1. The van der Waals surface area contributed by atoms with Crippen LogP contribution in [0.1, 0.15) is 77.4 Å². The molecule has 2 N–H and O–H groups in total. The molecule has 8 nitrogen and oxygen atoms in total. The van der Waals surface area contributed by atoms with Gasteiger partial charge in [0.05, 0.1) is 34.0 Å². The number of fused-ring (bicyclic) bond motifs is 1. The van der Waals surface area contributed by atoms with Crippen LogP contribution in [0, 0.1) is 13.8 Å². The summed E-state index contributed by atoms with van der Waals surface area (Å²) >= 11 is 0. The second-order valence-electron chi connectivity index (χ2n) is 8.53. The third kappa shape index (κ3) is 3.50. The molecule has 3 aromatic heterocycles. The summed E-state index contributed by atoms with van der Waals surface area (Å²) in [5.41, 5.74) is 7.87. The SMILES string of the molecule is Cc1occc1C(=O)NNC(=O)c1cc(C2CC2)nc2c1c(C)nn2C(C)(C)C. The largest absolute Gasteiger partial charge is 0.469 e. The Morgan fingerprint density at radius 3 is 2.34 bits per heavy atom. The maximum atomic E-state index is 13.0. The van der Waals surface area contributed by atoms with E-state index in [1.807, 2.05) is 17.7 Å². The lowest BCUT2D eigenvalue weighted by atomic mass is 10.1. The van der Waals surface area contributed by atoms with Crippen LogP contribution in [-0.2, 0) is 5.54 Å². The Morgan fingerprint density at radius 1 is 1.14 bits per heavy atom. The molecule has 0 spiro atoms. The van der Waals surface area contributed by atoms with E-state index < -0.39 is 11.8 Å². The second-order valence-corrected chi connectivity index (χ2v) is 8.53. The predicted molar refractivity (Wildman–Crippen MR) is 108 cm³/mol. The smallest absolute Gasteiger partial charge is 0.273 e. The van der Waals surface area contributed by atoms with Crippen LogP contribution in [0.3, 0.4) is 0 Å². The van der Waals surface area contributed by atoms with E-state index in [-0.39, 0.29) is 5.54 Å². The van der Waals surface area contributed by atoms with Crippen LogP contribution in [0.25, 0.3) is 11.0 Å². The molecule has 1 aliphatic carbocycles. The number of rotatable bonds is 3. The molecular formula is C21H25N5O3. The van der Waals surface area contributed by atoms with Crippen LogP contribution < -0.4 is 10.9 Å². The van der Waals surface area contributed by atoms with Crippen LogP contribution in [-0.4, -0.2) is 26.6 Å². The summed E-state index contributed by atoms with van der Waals surface area (Å²) < 4.78 is 7.01. The molecule has 0 aliphatic heterocycles. The first-order valence-corrected chi connectivity index (χ1v) is 9.72. The van der Waals surface area contributed by atoms with Crippen LogP contribution >= 0.6 is 0 Å². The molecule has 0 aromatic carbocycles. The van der Waals surface area contributed by atoms with E-state index >= 15 is 0 Å². The van der Waals surface area contributed by atoms with E-state index in [9.17, 15) is 9.59 Å². The average Bonchev–Trinajstić information content (AvgIpc) is 3.33. The lowest BCUT2D eigenvalue weighted by molar-refractivity contribution is 0.0846. The molecule has 3 heterocycles. The van der Waals surface area contributed by atoms with Crippen molar-refractivity contribution >= 4 is 22.8 Å². The van der Waals surface area contributed by atoms with Crippen LogP contribution in [0.4, 0.5) is 0 Å². The summed E-state index contributed by atoms with van der Waals surface area (Å²) in [6.45, 7) is 9.72. The fourth-order valence-corrected chi connectivity index (χ4v) is 3.41. The standard InChI is InChI=1S/C21H25N5O3/c1-11-17-15(20(28)24-23-19(27)14-8-9-29-12(14)2)10-16(13-6-7-13)22-18(17)26(25-11)21(3,4)5/h8-10,13H,6-7H2,1-5H3,(H,23,27)(H,24,28). The van der Waals surface area contributed by atoms with Gasteiger partial charge in [0.25, 0.3) is 11.8 Å². The third-order valence-corrected chi connectivity index (χ3v) is 5.10. The summed E-state index contributed by atoms with van der Waals surface area (Å²) in [4.78, 5) is 30.1. The highest BCUT2D eigenvalue weighted by molar-refractivity contribution is 6.07. The number of carbonyl (C=O) groups excluding carboxylic acids is 2. The Kier molecular flexibility index (Phi) is 4.44. The number of hydrogen-bond acceptors (Lipinski definition) is 5. The lowest BCUT2D eigenvalue weighted by Gasteiger charge is -2.20. The summed E-state index contributed by atoms with van der Waals surface area (Å²) in [6, 6.07) is 3.39. The molecule has 29 heavy (non-hydrogen) atoms. The first-order chi connectivity index (χ1) is 13.7. The zero-order chi connectivity index (χ0) is 20.9. The maximum Gasteiger partial charge on any atom is 0.273 e. The monoisotopic (exact) mass is 395 g/mol. The number of amides is 2. The van der Waals surface area contributed by atoms with Gasteiger partial charge in [-0.3, -0.25) is 20.4 Å². The van der Waals surface area contributed by atoms with E-state index in [0.29, 0.717) is 33.8 Å². The van der Waals surface area contributed by atoms with Crippen molar-refractivity contribution in [2.24, 2.45) is 0 Å². The van der Waals surface area contributed by atoms with E-state index in [1.165, 1.54) is 6.26 Å². The van der Waals surface area contributed by atoms with Gasteiger partial charge in [-0.05, 0) is 59.6 Å². The van der Waals surface area contributed by atoms with Crippen molar-refractivity contribution in [3.63, 3.8) is 0 Å². The molecular weight excluding hydrogens is 370 g/mol. The van der Waals surface area contributed by atoms with Gasteiger partial charge in [-0.1, -0.05) is 0 Å². The average molecular weight is 395 g/mol. The van der Waals surface area contributed by atoms with Crippen molar-refractivity contribution in [3.8, 4) is 0 Å². The minimum absolute atomic E-state index is 0.275. The zero-order valence-electron chi connectivity index (χ0n) is 17.3. The van der Waals surface area contributed by atoms with Gasteiger partial charge in [0.2, 0.25) is 0 Å². The van der Waals surface area contributed by atoms with Gasteiger partial charge in [-0.2, -0.15) is 5.10 Å². The zero-order valence-corrected chi connectivity index (χ0v) is 17.3. The second kappa shape index (κ2) is 6.72. The topological polar surface area (TPSA) is 102 Å². The Balaban J connectivity index is 1.70. The summed E-state index contributed by atoms with van der Waals surface area (Å²) in [7, 11) is 0. The van der Waals surface area contributed by atoms with E-state index in [4.69, 9.17) is 9.40 Å². The van der Waals surface area contributed by atoms with Crippen molar-refractivity contribution < 1.29 is 14.0 Å². The van der Waals surface area contributed by atoms with Crippen LogP contribution in [0.15, 0.2) is 22.8 Å². The lowest BCUT2D eigenvalue weighted by Crippen LogP contribution is -2.41. The first kappa shape index (κ1) is 19.2. The predicted octanol–water partition coefficient (Wildman–Crippen LogP) is 3.35. The van der Waals surface area contributed by atoms with Crippen LogP contribution in [0.5, 0.6) is 0 Å². The third-order valence-electron chi connectivity index (χ3n) is 5.10. The Hall–Kier alpha value is -3.16. The molecule has 3 aromatic rings. The first-order valence-electron chi connectivity index (χ1n) is 9.72. The fourth-order valence-electron chi connectivity index (χ4n) is 3.41. The Bertz CT molecular complexity index is 1120. The van der Waals surface area contributed by atoms with E-state index in [2.05, 4.69) is 36.7 Å². The molecule has 1 saturated carbocycles. The number of carbonyl (C=O) groups is 2. The molecule has 0 unspecified atom stereocenters. The number of nitrogens with one attached hydrogen (secondary N) is 2. The molecule has 152 valence electrons. The Morgan fingerprint density at radius 2 is 1.79 bits per heavy atom. The molecule has 1 fully saturated rings.